The van der Waals surface area contributed by atoms with Gasteiger partial charge in [0.05, 0.1) is 10.8 Å². The minimum atomic E-state index is -0.425. The van der Waals surface area contributed by atoms with Crippen molar-refractivity contribution in [1.82, 2.24) is 10.9 Å². The van der Waals surface area contributed by atoms with Crippen LogP contribution in [-0.4, -0.2) is 24.2 Å². The van der Waals surface area contributed by atoms with Crippen molar-refractivity contribution in [2.24, 2.45) is 0 Å². The van der Waals surface area contributed by atoms with E-state index in [1.165, 1.54) is 28.5 Å². The quantitative estimate of drug-likeness (QED) is 0.525. The molecular weight excluding hydrogens is 419 g/mol. The molecule has 0 aromatic heterocycles. The van der Waals surface area contributed by atoms with Crippen molar-refractivity contribution in [3.05, 3.63) is 57.1 Å². The molecule has 2 aromatic carbocycles. The molecule has 0 fully saturated rings. The van der Waals surface area contributed by atoms with Crippen LogP contribution in [0.15, 0.2) is 35.2 Å². The van der Waals surface area contributed by atoms with Gasteiger partial charge in [-0.15, -0.1) is 11.8 Å². The van der Waals surface area contributed by atoms with Crippen LogP contribution in [0.25, 0.3) is 0 Å². The van der Waals surface area contributed by atoms with Crippen LogP contribution in [0.1, 0.15) is 23.1 Å². The van der Waals surface area contributed by atoms with Gasteiger partial charge in [-0.1, -0.05) is 29.3 Å². The monoisotopic (exact) mass is 438 g/mol. The fourth-order valence-corrected chi connectivity index (χ4v) is 4.37. The molecule has 8 heteroatoms. The van der Waals surface area contributed by atoms with E-state index in [4.69, 9.17) is 27.9 Å². The van der Waals surface area contributed by atoms with E-state index in [9.17, 15) is 9.59 Å². The lowest BCUT2D eigenvalue weighted by Gasteiger charge is -2.13. The number of carbonyl (C=O) groups excluding carboxylic acids is 2. The minimum absolute atomic E-state index is 0.0900. The van der Waals surface area contributed by atoms with Gasteiger partial charge in [-0.3, -0.25) is 20.4 Å². The summed E-state index contributed by atoms with van der Waals surface area (Å²) < 4.78 is 5.66. The number of thioether (sulfide) groups is 1. The van der Waals surface area contributed by atoms with Crippen LogP contribution in [0.3, 0.4) is 0 Å². The zero-order valence-electron chi connectivity index (χ0n) is 15.3. The summed E-state index contributed by atoms with van der Waals surface area (Å²) in [6, 6.07) is 8.95. The van der Waals surface area contributed by atoms with Crippen molar-refractivity contribution in [1.29, 1.82) is 0 Å². The Morgan fingerprint density at radius 2 is 1.82 bits per heavy atom. The van der Waals surface area contributed by atoms with Crippen molar-refractivity contribution >= 4 is 46.8 Å². The molecular formula is C20H20Cl2N2O3S. The molecule has 0 atom stereocenters. The van der Waals surface area contributed by atoms with Crippen molar-refractivity contribution in [2.75, 3.05) is 12.4 Å². The second-order valence-electron chi connectivity index (χ2n) is 6.44. The first kappa shape index (κ1) is 20.8. The van der Waals surface area contributed by atoms with Crippen molar-refractivity contribution in [2.45, 2.75) is 31.1 Å². The highest BCUT2D eigenvalue weighted by Crippen LogP contribution is 2.33. The number of hydrogen-bond donors (Lipinski definition) is 2. The predicted molar refractivity (Wildman–Crippen MR) is 112 cm³/mol. The van der Waals surface area contributed by atoms with Gasteiger partial charge in [0.25, 0.3) is 5.91 Å². The van der Waals surface area contributed by atoms with Gasteiger partial charge >= 0.3 is 0 Å². The fraction of sp³-hybridized carbons (Fsp3) is 0.300. The highest BCUT2D eigenvalue weighted by Gasteiger charge is 2.18. The SMILES string of the molecule is Cc1ccc(OCC(=O)NNC(=O)CSc2cc(Cl)ccc2Cl)c2c1CCC2. The molecule has 3 rings (SSSR count). The standard InChI is InChI=1S/C20H20Cl2N2O3S/c1-12-5-8-17(15-4-2-3-14(12)15)27-10-19(25)23-24-20(26)11-28-18-9-13(21)6-7-16(18)22/h5-9H,2-4,10-11H2,1H3,(H,23,25)(H,24,26). The van der Waals surface area contributed by atoms with Gasteiger partial charge in [0.1, 0.15) is 5.75 Å². The molecule has 0 heterocycles. The molecule has 5 nitrogen and oxygen atoms in total. The van der Waals surface area contributed by atoms with E-state index in [1.807, 2.05) is 12.1 Å². The van der Waals surface area contributed by atoms with Gasteiger partial charge in [-0.05, 0) is 67.1 Å². The number of aryl methyl sites for hydroxylation is 1. The van der Waals surface area contributed by atoms with Gasteiger partial charge < -0.3 is 4.74 Å². The molecule has 148 valence electrons. The predicted octanol–water partition coefficient (Wildman–Crippen LogP) is 4.11. The Hall–Kier alpha value is -1.89. The summed E-state index contributed by atoms with van der Waals surface area (Å²) in [6.07, 6.45) is 3.12. The lowest BCUT2D eigenvalue weighted by molar-refractivity contribution is -0.128. The summed E-state index contributed by atoms with van der Waals surface area (Å²) in [5.41, 5.74) is 8.49. The minimum Gasteiger partial charge on any atom is -0.483 e. The molecule has 2 amide bonds. The van der Waals surface area contributed by atoms with Crippen LogP contribution in [0.2, 0.25) is 10.0 Å². The molecule has 2 N–H and O–H groups in total. The topological polar surface area (TPSA) is 67.4 Å². The molecule has 0 saturated heterocycles. The zero-order chi connectivity index (χ0) is 20.1. The number of nitrogens with one attached hydrogen (secondary N) is 2. The van der Waals surface area contributed by atoms with Gasteiger partial charge in [0.15, 0.2) is 6.61 Å². The van der Waals surface area contributed by atoms with E-state index >= 15 is 0 Å². The number of fused-ring (bicyclic) bond motifs is 1. The maximum absolute atomic E-state index is 12.0. The van der Waals surface area contributed by atoms with Crippen LogP contribution in [0.4, 0.5) is 0 Å². The molecule has 0 aliphatic heterocycles. The van der Waals surface area contributed by atoms with Crippen LogP contribution in [0, 0.1) is 6.92 Å². The Morgan fingerprint density at radius 3 is 2.64 bits per heavy atom. The number of halogens is 2. The van der Waals surface area contributed by atoms with Gasteiger partial charge in [0, 0.05) is 9.92 Å². The Labute approximate surface area is 178 Å². The smallest absolute Gasteiger partial charge is 0.276 e. The van der Waals surface area contributed by atoms with Crippen molar-refractivity contribution in [3.8, 4) is 5.75 Å². The van der Waals surface area contributed by atoms with E-state index < -0.39 is 5.91 Å². The summed E-state index contributed by atoms with van der Waals surface area (Å²) in [6.45, 7) is 1.92. The molecule has 0 unspecified atom stereocenters. The fourth-order valence-electron chi connectivity index (χ4n) is 3.07. The average molecular weight is 439 g/mol. The third kappa shape index (κ3) is 5.34. The van der Waals surface area contributed by atoms with Gasteiger partial charge in [-0.25, -0.2) is 0 Å². The molecule has 0 radical (unpaired) electrons. The van der Waals surface area contributed by atoms with Gasteiger partial charge in [0.2, 0.25) is 5.91 Å². The van der Waals surface area contributed by atoms with Crippen LogP contribution < -0.4 is 15.6 Å². The molecule has 1 aliphatic carbocycles. The normalized spacial score (nSPS) is 12.4. The summed E-state index contributed by atoms with van der Waals surface area (Å²) in [4.78, 5) is 24.6. The summed E-state index contributed by atoms with van der Waals surface area (Å²) in [5, 5.41) is 1.06. The number of amides is 2. The number of ether oxygens (including phenoxy) is 1. The number of rotatable bonds is 6. The first-order valence-corrected chi connectivity index (χ1v) is 10.6. The number of benzene rings is 2. The highest BCUT2D eigenvalue weighted by atomic mass is 35.5. The maximum Gasteiger partial charge on any atom is 0.276 e. The van der Waals surface area contributed by atoms with E-state index in [1.54, 1.807) is 18.2 Å². The summed E-state index contributed by atoms with van der Waals surface area (Å²) in [5.74, 6) is 0.0509. The molecule has 2 aromatic rings. The number of hydrogen-bond acceptors (Lipinski definition) is 4. The zero-order valence-corrected chi connectivity index (χ0v) is 17.6. The van der Waals surface area contributed by atoms with Gasteiger partial charge in [-0.2, -0.15) is 0 Å². The van der Waals surface area contributed by atoms with Crippen molar-refractivity contribution in [3.63, 3.8) is 0 Å². The first-order chi connectivity index (χ1) is 13.4. The van der Waals surface area contributed by atoms with Crippen LogP contribution >= 0.6 is 35.0 Å². The van der Waals surface area contributed by atoms with Crippen molar-refractivity contribution < 1.29 is 14.3 Å². The van der Waals surface area contributed by atoms with E-state index in [2.05, 4.69) is 17.8 Å². The second-order valence-corrected chi connectivity index (χ2v) is 8.30. The Kier molecular flexibility index (Phi) is 7.10. The summed E-state index contributed by atoms with van der Waals surface area (Å²) >= 11 is 13.2. The first-order valence-electron chi connectivity index (χ1n) is 8.83. The van der Waals surface area contributed by atoms with Crippen LogP contribution in [0.5, 0.6) is 5.75 Å². The Balaban J connectivity index is 1.43. The third-order valence-corrected chi connectivity index (χ3v) is 6.16. The average Bonchev–Trinajstić information content (AvgIpc) is 3.17. The van der Waals surface area contributed by atoms with Crippen LogP contribution in [-0.2, 0) is 22.4 Å². The maximum atomic E-state index is 12.0. The largest absolute Gasteiger partial charge is 0.483 e. The van der Waals surface area contributed by atoms with E-state index in [0.29, 0.717) is 14.9 Å². The Bertz CT molecular complexity index is 905. The molecule has 0 spiro atoms. The molecule has 0 saturated carbocycles. The lowest BCUT2D eigenvalue weighted by Crippen LogP contribution is -2.44. The molecule has 0 bridgehead atoms. The molecule has 28 heavy (non-hydrogen) atoms. The second kappa shape index (κ2) is 9.54. The number of hydrazine groups is 1. The highest BCUT2D eigenvalue weighted by molar-refractivity contribution is 8.00. The lowest BCUT2D eigenvalue weighted by atomic mass is 10.0. The third-order valence-electron chi connectivity index (χ3n) is 4.43. The van der Waals surface area contributed by atoms with E-state index in [0.717, 1.165) is 25.0 Å². The molecule has 1 aliphatic rings. The van der Waals surface area contributed by atoms with E-state index in [-0.39, 0.29) is 18.3 Å². The summed E-state index contributed by atoms with van der Waals surface area (Å²) in [7, 11) is 0. The Morgan fingerprint density at radius 1 is 1.07 bits per heavy atom. The number of carbonyl (C=O) groups is 2.